The number of hydrogen-bond donors (Lipinski definition) is 1. The highest BCUT2D eigenvalue weighted by Crippen LogP contribution is 2.29. The van der Waals surface area contributed by atoms with Crippen LogP contribution in [0, 0.1) is 0 Å². The minimum atomic E-state index is -1.05. The number of amides is 1. The summed E-state index contributed by atoms with van der Waals surface area (Å²) in [7, 11) is 3.89. The van der Waals surface area contributed by atoms with Crippen molar-refractivity contribution in [2.45, 2.75) is 6.92 Å². The number of carbonyl (C=O) groups excluding carboxylic acids is 1. The number of furan rings is 1. The summed E-state index contributed by atoms with van der Waals surface area (Å²) in [5.74, 6) is -0.939. The van der Waals surface area contributed by atoms with Gasteiger partial charge in [-0.15, -0.1) is 0 Å². The van der Waals surface area contributed by atoms with E-state index in [-0.39, 0.29) is 18.1 Å². The predicted molar refractivity (Wildman–Crippen MR) is 124 cm³/mol. The number of fused-ring (bicyclic) bond motifs is 1. The van der Waals surface area contributed by atoms with Crippen LogP contribution >= 0.6 is 0 Å². The van der Waals surface area contributed by atoms with E-state index in [4.69, 9.17) is 19.3 Å². The molecule has 0 aliphatic carbocycles. The van der Waals surface area contributed by atoms with Crippen molar-refractivity contribution < 1.29 is 28.9 Å². The van der Waals surface area contributed by atoms with Crippen LogP contribution in [0.1, 0.15) is 23.0 Å². The molecular formula is C24H23N3O6. The van der Waals surface area contributed by atoms with Crippen molar-refractivity contribution in [2.75, 3.05) is 37.2 Å². The van der Waals surface area contributed by atoms with Gasteiger partial charge >= 0.3 is 5.97 Å². The van der Waals surface area contributed by atoms with Crippen LogP contribution in [0.2, 0.25) is 0 Å². The number of benzene rings is 2. The second-order valence-corrected chi connectivity index (χ2v) is 7.51. The average molecular weight is 449 g/mol. The molecule has 2 heterocycles. The van der Waals surface area contributed by atoms with Crippen LogP contribution in [-0.4, -0.2) is 50.0 Å². The van der Waals surface area contributed by atoms with Crippen LogP contribution in [0.15, 0.2) is 63.6 Å². The van der Waals surface area contributed by atoms with Gasteiger partial charge in [-0.05, 0) is 55.5 Å². The molecule has 9 nitrogen and oxygen atoms in total. The third-order valence-corrected chi connectivity index (χ3v) is 5.04. The van der Waals surface area contributed by atoms with E-state index in [1.165, 1.54) is 29.3 Å². The summed E-state index contributed by atoms with van der Waals surface area (Å²) in [6.07, 6.45) is 1.62. The Hall–Kier alpha value is -3.95. The zero-order valence-corrected chi connectivity index (χ0v) is 18.4. The molecule has 0 fully saturated rings. The highest BCUT2D eigenvalue weighted by Gasteiger charge is 2.32. The van der Waals surface area contributed by atoms with Gasteiger partial charge in [0.25, 0.3) is 5.91 Å². The molecule has 9 heteroatoms. The van der Waals surface area contributed by atoms with E-state index in [1.54, 1.807) is 13.0 Å². The molecule has 4 rings (SSSR count). The zero-order chi connectivity index (χ0) is 23.5. The first-order valence-electron chi connectivity index (χ1n) is 10.3. The maximum atomic E-state index is 13.2. The minimum Gasteiger partial charge on any atom is -0.478 e. The first-order valence-corrected chi connectivity index (χ1v) is 10.3. The highest BCUT2D eigenvalue weighted by molar-refractivity contribution is 6.33. The molecular weight excluding hydrogens is 426 g/mol. The van der Waals surface area contributed by atoms with E-state index >= 15 is 0 Å². The SMILES string of the molecule is CCOOCC1=NN(c2ccc(C(=O)O)cc2)C(=O)/C1=C\c1cc2ccc(N(C)C)cc2o1. The summed E-state index contributed by atoms with van der Waals surface area (Å²) in [6, 6.07) is 13.6. The number of nitrogens with zero attached hydrogens (tertiary/aromatic N) is 3. The van der Waals surface area contributed by atoms with Gasteiger partial charge in [-0.2, -0.15) is 10.1 Å². The lowest BCUT2D eigenvalue weighted by Gasteiger charge is -2.11. The first kappa shape index (κ1) is 22.3. The van der Waals surface area contributed by atoms with Crippen LogP contribution in [0.3, 0.4) is 0 Å². The van der Waals surface area contributed by atoms with Gasteiger partial charge in [0.1, 0.15) is 23.7 Å². The van der Waals surface area contributed by atoms with Gasteiger partial charge in [0.15, 0.2) is 0 Å². The van der Waals surface area contributed by atoms with E-state index in [1.807, 2.05) is 43.3 Å². The van der Waals surface area contributed by atoms with Crippen LogP contribution in [0.5, 0.6) is 0 Å². The Morgan fingerprint density at radius 1 is 1.15 bits per heavy atom. The number of carboxylic acid groups (broad SMARTS) is 1. The van der Waals surface area contributed by atoms with Crippen molar-refractivity contribution in [1.29, 1.82) is 0 Å². The van der Waals surface area contributed by atoms with Crippen molar-refractivity contribution in [3.05, 3.63) is 65.4 Å². The smallest absolute Gasteiger partial charge is 0.335 e. The second kappa shape index (κ2) is 9.27. The van der Waals surface area contributed by atoms with E-state index in [9.17, 15) is 9.59 Å². The average Bonchev–Trinajstić information content (AvgIpc) is 3.34. The molecule has 0 unspecified atom stereocenters. The summed E-state index contributed by atoms with van der Waals surface area (Å²) >= 11 is 0. The van der Waals surface area contributed by atoms with Crippen molar-refractivity contribution in [3.63, 3.8) is 0 Å². The largest absolute Gasteiger partial charge is 0.478 e. The minimum absolute atomic E-state index is 0.0415. The number of carbonyl (C=O) groups is 2. The van der Waals surface area contributed by atoms with E-state index in [2.05, 4.69) is 5.10 Å². The highest BCUT2D eigenvalue weighted by atomic mass is 17.2. The molecule has 170 valence electrons. The van der Waals surface area contributed by atoms with Gasteiger partial charge < -0.3 is 14.4 Å². The third kappa shape index (κ3) is 4.64. The molecule has 0 radical (unpaired) electrons. The second-order valence-electron chi connectivity index (χ2n) is 7.51. The summed E-state index contributed by atoms with van der Waals surface area (Å²) in [5, 5.41) is 15.6. The fourth-order valence-corrected chi connectivity index (χ4v) is 3.34. The molecule has 1 N–H and O–H groups in total. The molecule has 1 amide bonds. The Morgan fingerprint density at radius 2 is 1.91 bits per heavy atom. The van der Waals surface area contributed by atoms with Gasteiger partial charge in [-0.3, -0.25) is 4.79 Å². The van der Waals surface area contributed by atoms with E-state index in [0.29, 0.717) is 34.9 Å². The fraction of sp³-hybridized carbons (Fsp3) is 0.208. The molecule has 0 atom stereocenters. The standard InChI is InChI=1S/C24H23N3O6/c1-4-31-32-14-21-20(13-19-11-16-7-10-18(26(2)3)12-22(16)33-19)23(28)27(25-21)17-8-5-15(6-9-17)24(29)30/h5-13H,4,14H2,1-3H3,(H,29,30)/b20-13-. The Morgan fingerprint density at radius 3 is 2.58 bits per heavy atom. The molecule has 0 saturated carbocycles. The summed E-state index contributed by atoms with van der Waals surface area (Å²) in [6.45, 7) is 2.09. The van der Waals surface area contributed by atoms with E-state index < -0.39 is 5.97 Å². The van der Waals surface area contributed by atoms with Crippen molar-refractivity contribution >= 4 is 46.0 Å². The number of aromatic carboxylic acids is 1. The summed E-state index contributed by atoms with van der Waals surface area (Å²) in [5.41, 5.74) is 2.90. The Bertz CT molecular complexity index is 1260. The fourth-order valence-electron chi connectivity index (χ4n) is 3.34. The molecule has 1 aliphatic rings. The number of anilines is 2. The van der Waals surface area contributed by atoms with Crippen LogP contribution in [0.4, 0.5) is 11.4 Å². The lowest BCUT2D eigenvalue weighted by molar-refractivity contribution is -0.279. The molecule has 1 aliphatic heterocycles. The quantitative estimate of drug-likeness (QED) is 0.240. The van der Waals surface area contributed by atoms with Crippen molar-refractivity contribution in [2.24, 2.45) is 5.10 Å². The van der Waals surface area contributed by atoms with E-state index in [0.717, 1.165) is 11.1 Å². The predicted octanol–water partition coefficient (Wildman–Crippen LogP) is 3.95. The number of carboxylic acids is 1. The van der Waals surface area contributed by atoms with Gasteiger partial charge in [-0.25, -0.2) is 14.6 Å². The summed E-state index contributed by atoms with van der Waals surface area (Å²) in [4.78, 5) is 36.4. The monoisotopic (exact) mass is 449 g/mol. The first-order chi connectivity index (χ1) is 15.9. The molecule has 0 saturated heterocycles. The zero-order valence-electron chi connectivity index (χ0n) is 18.4. The maximum Gasteiger partial charge on any atom is 0.335 e. The lowest BCUT2D eigenvalue weighted by Crippen LogP contribution is -2.21. The molecule has 33 heavy (non-hydrogen) atoms. The van der Waals surface area contributed by atoms with Crippen LogP contribution < -0.4 is 9.91 Å². The molecule has 2 aromatic carbocycles. The Kier molecular flexibility index (Phi) is 6.25. The van der Waals surface area contributed by atoms with Crippen LogP contribution in [-0.2, 0) is 14.6 Å². The Labute approximate surface area is 190 Å². The van der Waals surface area contributed by atoms with Gasteiger partial charge in [0.05, 0.1) is 23.4 Å². The maximum absolute atomic E-state index is 13.2. The van der Waals surface area contributed by atoms with Crippen LogP contribution in [0.25, 0.3) is 17.0 Å². The number of hydrogen-bond acceptors (Lipinski definition) is 7. The number of hydrazone groups is 1. The van der Waals surface area contributed by atoms with Gasteiger partial charge in [0.2, 0.25) is 0 Å². The van der Waals surface area contributed by atoms with Gasteiger partial charge in [-0.1, -0.05) is 0 Å². The molecule has 0 bridgehead atoms. The third-order valence-electron chi connectivity index (χ3n) is 5.04. The van der Waals surface area contributed by atoms with Gasteiger partial charge in [0, 0.05) is 31.2 Å². The lowest BCUT2D eigenvalue weighted by atomic mass is 10.1. The normalized spacial score (nSPS) is 14.9. The van der Waals surface area contributed by atoms with Crippen molar-refractivity contribution in [3.8, 4) is 0 Å². The number of rotatable bonds is 8. The molecule has 3 aromatic rings. The topological polar surface area (TPSA) is 105 Å². The molecule has 1 aromatic heterocycles. The summed E-state index contributed by atoms with van der Waals surface area (Å²) < 4.78 is 5.96. The molecule has 0 spiro atoms. The Balaban J connectivity index is 1.68. The van der Waals surface area contributed by atoms with Crippen molar-refractivity contribution in [1.82, 2.24) is 0 Å².